The molecule has 0 atom stereocenters. The van der Waals surface area contributed by atoms with E-state index in [1.807, 2.05) is 36.4 Å². The van der Waals surface area contributed by atoms with Gasteiger partial charge in [-0.1, -0.05) is 54.6 Å². The molecule has 0 heterocycles. The van der Waals surface area contributed by atoms with Crippen LogP contribution in [-0.4, -0.2) is 26.1 Å². The quantitative estimate of drug-likeness (QED) is 0.439. The van der Waals surface area contributed by atoms with Crippen LogP contribution >= 0.6 is 0 Å². The first-order valence-electron chi connectivity index (χ1n) is 9.62. The number of carbonyl (C=O) groups is 2. The van der Waals surface area contributed by atoms with Gasteiger partial charge in [0.15, 0.2) is 11.5 Å². The first-order valence-corrected chi connectivity index (χ1v) is 9.62. The molecule has 0 aliphatic rings. The van der Waals surface area contributed by atoms with E-state index in [-0.39, 0.29) is 5.70 Å². The molecule has 6 heteroatoms. The third kappa shape index (κ3) is 5.96. The van der Waals surface area contributed by atoms with E-state index in [1.54, 1.807) is 42.5 Å². The lowest BCUT2D eigenvalue weighted by molar-refractivity contribution is -0.136. The van der Waals surface area contributed by atoms with Crippen LogP contribution in [0.5, 0.6) is 11.5 Å². The van der Waals surface area contributed by atoms with Gasteiger partial charge in [-0.05, 0) is 41.5 Å². The van der Waals surface area contributed by atoms with Gasteiger partial charge in [-0.25, -0.2) is 4.79 Å². The lowest BCUT2D eigenvalue weighted by atomic mass is 10.1. The summed E-state index contributed by atoms with van der Waals surface area (Å²) in [5, 5.41) is 2.61. The molecule has 0 spiro atoms. The lowest BCUT2D eigenvalue weighted by Crippen LogP contribution is -2.28. The summed E-state index contributed by atoms with van der Waals surface area (Å²) in [6.07, 6.45) is 1.52. The van der Waals surface area contributed by atoms with E-state index in [9.17, 15) is 9.59 Å². The number of ether oxygens (including phenoxy) is 3. The van der Waals surface area contributed by atoms with Crippen LogP contribution < -0.4 is 14.8 Å². The number of methoxy groups -OCH3 is 2. The SMILES string of the molecule is COC(=O)/C(=C\c1ccc(OCc2ccccc2)c(OC)c1)NC(=O)c1ccccc1. The number of esters is 1. The van der Waals surface area contributed by atoms with Crippen molar-refractivity contribution in [2.75, 3.05) is 14.2 Å². The zero-order valence-corrected chi connectivity index (χ0v) is 17.3. The summed E-state index contributed by atoms with van der Waals surface area (Å²) in [7, 11) is 2.79. The third-order valence-electron chi connectivity index (χ3n) is 4.43. The molecule has 6 nitrogen and oxygen atoms in total. The maximum Gasteiger partial charge on any atom is 0.354 e. The average molecular weight is 417 g/mol. The number of hydrogen-bond acceptors (Lipinski definition) is 5. The molecule has 0 radical (unpaired) electrons. The fraction of sp³-hybridized carbons (Fsp3) is 0.120. The molecule has 0 saturated heterocycles. The zero-order valence-electron chi connectivity index (χ0n) is 17.3. The van der Waals surface area contributed by atoms with Gasteiger partial charge in [0, 0.05) is 5.56 Å². The molecular weight excluding hydrogens is 394 g/mol. The van der Waals surface area contributed by atoms with Crippen molar-refractivity contribution in [3.8, 4) is 11.5 Å². The summed E-state index contributed by atoms with van der Waals surface area (Å²) in [5.74, 6) is -0.000549. The Bertz CT molecular complexity index is 1060. The molecule has 0 aliphatic heterocycles. The van der Waals surface area contributed by atoms with E-state index in [2.05, 4.69) is 5.32 Å². The average Bonchev–Trinajstić information content (AvgIpc) is 2.83. The van der Waals surface area contributed by atoms with E-state index < -0.39 is 11.9 Å². The van der Waals surface area contributed by atoms with Gasteiger partial charge >= 0.3 is 5.97 Å². The summed E-state index contributed by atoms with van der Waals surface area (Å²) < 4.78 is 16.1. The standard InChI is InChI=1S/C25H23NO5/c1-29-23-16-19(13-14-22(23)31-17-18-9-5-3-6-10-18)15-21(25(28)30-2)26-24(27)20-11-7-4-8-12-20/h3-16H,17H2,1-2H3,(H,26,27)/b21-15+. The van der Waals surface area contributed by atoms with Crippen LogP contribution in [0.3, 0.4) is 0 Å². The minimum Gasteiger partial charge on any atom is -0.493 e. The molecule has 0 unspecified atom stereocenters. The molecule has 158 valence electrons. The monoisotopic (exact) mass is 417 g/mol. The second-order valence-electron chi connectivity index (χ2n) is 6.55. The molecule has 31 heavy (non-hydrogen) atoms. The van der Waals surface area contributed by atoms with E-state index in [1.165, 1.54) is 20.3 Å². The summed E-state index contributed by atoms with van der Waals surface area (Å²) >= 11 is 0. The van der Waals surface area contributed by atoms with Crippen LogP contribution in [0.25, 0.3) is 6.08 Å². The predicted molar refractivity (Wildman–Crippen MR) is 118 cm³/mol. The number of rotatable bonds is 8. The van der Waals surface area contributed by atoms with Crippen LogP contribution in [0.15, 0.2) is 84.6 Å². The highest BCUT2D eigenvalue weighted by atomic mass is 16.5. The van der Waals surface area contributed by atoms with E-state index >= 15 is 0 Å². The van der Waals surface area contributed by atoms with Gasteiger partial charge in [0.25, 0.3) is 5.91 Å². The fourth-order valence-electron chi connectivity index (χ4n) is 2.84. The molecule has 1 N–H and O–H groups in total. The Morgan fingerprint density at radius 2 is 1.55 bits per heavy atom. The van der Waals surface area contributed by atoms with Gasteiger partial charge in [0.2, 0.25) is 0 Å². The number of hydrogen-bond donors (Lipinski definition) is 1. The van der Waals surface area contributed by atoms with Crippen molar-refractivity contribution < 1.29 is 23.8 Å². The Balaban J connectivity index is 1.80. The minimum atomic E-state index is -0.660. The molecule has 1 amide bonds. The summed E-state index contributed by atoms with van der Waals surface area (Å²) in [6.45, 7) is 0.396. The molecule has 0 bridgehead atoms. The largest absolute Gasteiger partial charge is 0.493 e. The summed E-state index contributed by atoms with van der Waals surface area (Å²) in [5.41, 5.74) is 2.11. The Kier molecular flexibility index (Phi) is 7.43. The van der Waals surface area contributed by atoms with Crippen LogP contribution in [0, 0.1) is 0 Å². The fourth-order valence-corrected chi connectivity index (χ4v) is 2.84. The van der Waals surface area contributed by atoms with E-state index in [0.29, 0.717) is 29.2 Å². The highest BCUT2D eigenvalue weighted by Crippen LogP contribution is 2.29. The number of nitrogens with one attached hydrogen (secondary N) is 1. The highest BCUT2D eigenvalue weighted by molar-refractivity contribution is 6.03. The van der Waals surface area contributed by atoms with Crippen molar-refractivity contribution in [2.24, 2.45) is 0 Å². The molecule has 3 rings (SSSR count). The molecule has 3 aromatic carbocycles. The zero-order chi connectivity index (χ0) is 22.1. The summed E-state index contributed by atoms with van der Waals surface area (Å²) in [6, 6.07) is 23.6. The molecular formula is C25H23NO5. The predicted octanol–water partition coefficient (Wildman–Crippen LogP) is 4.22. The van der Waals surface area contributed by atoms with Crippen molar-refractivity contribution in [1.82, 2.24) is 5.32 Å². The second-order valence-corrected chi connectivity index (χ2v) is 6.55. The Labute approximate surface area is 181 Å². The van der Waals surface area contributed by atoms with Crippen molar-refractivity contribution in [3.05, 3.63) is 101 Å². The van der Waals surface area contributed by atoms with Crippen molar-refractivity contribution >= 4 is 18.0 Å². The third-order valence-corrected chi connectivity index (χ3v) is 4.43. The minimum absolute atomic E-state index is 0.0105. The van der Waals surface area contributed by atoms with Crippen LogP contribution in [0.4, 0.5) is 0 Å². The maximum atomic E-state index is 12.5. The van der Waals surface area contributed by atoms with Gasteiger partial charge < -0.3 is 19.5 Å². The van der Waals surface area contributed by atoms with Gasteiger partial charge in [-0.15, -0.1) is 0 Å². The normalized spacial score (nSPS) is 10.8. The smallest absolute Gasteiger partial charge is 0.354 e. The first kappa shape index (κ1) is 21.6. The Morgan fingerprint density at radius 3 is 2.19 bits per heavy atom. The Morgan fingerprint density at radius 1 is 0.871 bits per heavy atom. The van der Waals surface area contributed by atoms with Gasteiger partial charge in [0.05, 0.1) is 14.2 Å². The van der Waals surface area contributed by atoms with Gasteiger partial charge in [-0.2, -0.15) is 0 Å². The number of amides is 1. The van der Waals surface area contributed by atoms with Crippen molar-refractivity contribution in [2.45, 2.75) is 6.61 Å². The molecule has 0 fully saturated rings. The van der Waals surface area contributed by atoms with Crippen molar-refractivity contribution in [1.29, 1.82) is 0 Å². The van der Waals surface area contributed by atoms with E-state index in [0.717, 1.165) is 5.56 Å². The number of benzene rings is 3. The molecule has 0 saturated carbocycles. The number of carbonyl (C=O) groups excluding carboxylic acids is 2. The topological polar surface area (TPSA) is 73.9 Å². The van der Waals surface area contributed by atoms with E-state index in [4.69, 9.17) is 14.2 Å². The summed E-state index contributed by atoms with van der Waals surface area (Å²) in [4.78, 5) is 24.7. The van der Waals surface area contributed by atoms with Gasteiger partial charge in [0.1, 0.15) is 12.3 Å². The van der Waals surface area contributed by atoms with Crippen molar-refractivity contribution in [3.63, 3.8) is 0 Å². The first-order chi connectivity index (χ1) is 15.1. The lowest BCUT2D eigenvalue weighted by Gasteiger charge is -2.12. The highest BCUT2D eigenvalue weighted by Gasteiger charge is 2.15. The maximum absolute atomic E-state index is 12.5. The van der Waals surface area contributed by atoms with Crippen LogP contribution in [0.2, 0.25) is 0 Å². The molecule has 0 aromatic heterocycles. The van der Waals surface area contributed by atoms with Crippen LogP contribution in [-0.2, 0) is 16.1 Å². The molecule has 3 aromatic rings. The van der Waals surface area contributed by atoms with Crippen LogP contribution in [0.1, 0.15) is 21.5 Å². The molecule has 0 aliphatic carbocycles. The second kappa shape index (κ2) is 10.6. The Hall–Kier alpha value is -4.06. The van der Waals surface area contributed by atoms with Gasteiger partial charge in [-0.3, -0.25) is 4.79 Å².